The van der Waals surface area contributed by atoms with Crippen LogP contribution in [0.4, 0.5) is 4.79 Å². The van der Waals surface area contributed by atoms with Gasteiger partial charge in [0.05, 0.1) is 6.54 Å². The molecule has 9 heavy (non-hydrogen) atoms. The van der Waals surface area contributed by atoms with Crippen molar-refractivity contribution in [2.45, 2.75) is 12.4 Å². The monoisotopic (exact) mass is 133 g/mol. The second-order valence-corrected chi connectivity index (χ2v) is 1.74. The third kappa shape index (κ3) is 1.30. The van der Waals surface area contributed by atoms with Gasteiger partial charge in [0.1, 0.15) is 0 Å². The number of carbonyl (C=O) groups excluding carboxylic acids is 1. The van der Waals surface area contributed by atoms with Crippen LogP contribution in [0.15, 0.2) is 0 Å². The van der Waals surface area contributed by atoms with Crippen molar-refractivity contribution in [2.75, 3.05) is 6.54 Å². The van der Waals surface area contributed by atoms with Crippen molar-refractivity contribution in [1.29, 1.82) is 0 Å². The Balaban J connectivity index is 2.39. The molecule has 0 aromatic rings. The summed E-state index contributed by atoms with van der Waals surface area (Å²) in [6.45, 7) is 0.163. The van der Waals surface area contributed by atoms with Gasteiger partial charge in [0.15, 0.2) is 12.4 Å². The lowest BCUT2D eigenvalue weighted by Gasteiger charge is -2.07. The van der Waals surface area contributed by atoms with Crippen LogP contribution in [0.25, 0.3) is 0 Å². The molecule has 0 bridgehead atoms. The van der Waals surface area contributed by atoms with Crippen LogP contribution in [-0.2, 0) is 4.74 Å². The summed E-state index contributed by atoms with van der Waals surface area (Å²) in [5.74, 6) is 0. The minimum atomic E-state index is -1.58. The normalized spacial score (nSPS) is 26.1. The van der Waals surface area contributed by atoms with Gasteiger partial charge in [-0.2, -0.15) is 0 Å². The lowest BCUT2D eigenvalue weighted by Crippen LogP contribution is -2.28. The van der Waals surface area contributed by atoms with Crippen LogP contribution in [0, 0.1) is 0 Å². The first-order valence-electron chi connectivity index (χ1n) is 2.51. The molecular formula is C4H7NO4. The number of hydrogen-bond acceptors (Lipinski definition) is 4. The Bertz CT molecular complexity index is 124. The number of carbonyl (C=O) groups is 1. The van der Waals surface area contributed by atoms with Crippen molar-refractivity contribution < 1.29 is 19.7 Å². The summed E-state index contributed by atoms with van der Waals surface area (Å²) in [4.78, 5) is 10.2. The number of rotatable bonds is 1. The number of aliphatic hydroxyl groups excluding tert-OH is 1. The predicted molar refractivity (Wildman–Crippen MR) is 26.5 cm³/mol. The maximum atomic E-state index is 10.2. The maximum absolute atomic E-state index is 10.2. The maximum Gasteiger partial charge on any atom is 0.407 e. The summed E-state index contributed by atoms with van der Waals surface area (Å²) in [5.41, 5.74) is 0. The van der Waals surface area contributed by atoms with Crippen molar-refractivity contribution in [3.63, 3.8) is 0 Å². The number of ether oxygens (including phenoxy) is 1. The molecular weight excluding hydrogens is 126 g/mol. The fourth-order valence-corrected chi connectivity index (χ4v) is 0.571. The van der Waals surface area contributed by atoms with E-state index in [4.69, 9.17) is 10.2 Å². The molecule has 0 radical (unpaired) electrons. The lowest BCUT2D eigenvalue weighted by molar-refractivity contribution is -0.109. The molecule has 3 N–H and O–H groups in total. The average molecular weight is 133 g/mol. The van der Waals surface area contributed by atoms with E-state index >= 15 is 0 Å². The smallest absolute Gasteiger partial charge is 0.407 e. The summed E-state index contributed by atoms with van der Waals surface area (Å²) >= 11 is 0. The van der Waals surface area contributed by atoms with E-state index in [0.29, 0.717) is 0 Å². The molecule has 0 aromatic carbocycles. The number of alkyl carbamates (subject to hydrolysis) is 1. The number of hydrogen-bond donors (Lipinski definition) is 3. The van der Waals surface area contributed by atoms with Gasteiger partial charge < -0.3 is 20.3 Å². The van der Waals surface area contributed by atoms with Crippen LogP contribution >= 0.6 is 0 Å². The van der Waals surface area contributed by atoms with E-state index in [1.165, 1.54) is 0 Å². The van der Waals surface area contributed by atoms with Crippen molar-refractivity contribution in [3.8, 4) is 0 Å². The van der Waals surface area contributed by atoms with E-state index < -0.39 is 18.5 Å². The van der Waals surface area contributed by atoms with Crippen molar-refractivity contribution >= 4 is 6.09 Å². The lowest BCUT2D eigenvalue weighted by atomic mass is 10.3. The summed E-state index contributed by atoms with van der Waals surface area (Å²) < 4.78 is 4.37. The van der Waals surface area contributed by atoms with Gasteiger partial charge in [-0.15, -0.1) is 0 Å². The van der Waals surface area contributed by atoms with Gasteiger partial charge in [-0.1, -0.05) is 0 Å². The highest BCUT2D eigenvalue weighted by Gasteiger charge is 2.27. The summed E-state index contributed by atoms with van der Waals surface area (Å²) in [7, 11) is 0. The Morgan fingerprint density at radius 3 is 2.67 bits per heavy atom. The zero-order valence-corrected chi connectivity index (χ0v) is 4.57. The molecule has 1 rings (SSSR count). The van der Waals surface area contributed by atoms with Gasteiger partial charge in [-0.05, 0) is 0 Å². The average Bonchev–Trinajstić information content (AvgIpc) is 2.14. The third-order valence-electron chi connectivity index (χ3n) is 1.04. The number of amides is 1. The summed E-state index contributed by atoms with van der Waals surface area (Å²) in [5, 5.41) is 19.1. The van der Waals surface area contributed by atoms with Crippen LogP contribution in [0.5, 0.6) is 0 Å². The SMILES string of the molecule is O=C1NC[C@H](C(O)O)O1. The molecule has 1 aliphatic heterocycles. The topological polar surface area (TPSA) is 78.8 Å². The minimum Gasteiger partial charge on any atom is -0.439 e. The van der Waals surface area contributed by atoms with Gasteiger partial charge in [0.25, 0.3) is 0 Å². The standard InChI is InChI=1S/C4H7NO4/c6-3(7)2-1-5-4(8)9-2/h2-3,6-7H,1H2,(H,5,8)/t2-/m1/s1. The predicted octanol–water partition coefficient (Wildman–Crippen LogP) is -1.59. The molecule has 1 saturated heterocycles. The summed E-state index contributed by atoms with van der Waals surface area (Å²) in [6, 6.07) is 0. The molecule has 1 fully saturated rings. The van der Waals surface area contributed by atoms with Crippen molar-refractivity contribution in [3.05, 3.63) is 0 Å². The molecule has 1 amide bonds. The van der Waals surface area contributed by atoms with Crippen LogP contribution in [0.2, 0.25) is 0 Å². The molecule has 0 spiro atoms. The molecule has 5 heteroatoms. The zero-order chi connectivity index (χ0) is 6.85. The largest absolute Gasteiger partial charge is 0.439 e. The van der Waals surface area contributed by atoms with E-state index in [1.54, 1.807) is 0 Å². The van der Waals surface area contributed by atoms with E-state index in [-0.39, 0.29) is 6.54 Å². The Kier molecular flexibility index (Phi) is 1.54. The number of cyclic esters (lactones) is 1. The van der Waals surface area contributed by atoms with Crippen molar-refractivity contribution in [2.24, 2.45) is 0 Å². The highest BCUT2D eigenvalue weighted by molar-refractivity contribution is 5.69. The Morgan fingerprint density at radius 2 is 2.44 bits per heavy atom. The van der Waals surface area contributed by atoms with E-state index in [9.17, 15) is 4.79 Å². The molecule has 1 atom stereocenters. The first-order chi connectivity index (χ1) is 4.20. The zero-order valence-electron chi connectivity index (χ0n) is 4.57. The molecule has 5 nitrogen and oxygen atoms in total. The van der Waals surface area contributed by atoms with Crippen LogP contribution in [-0.4, -0.2) is 35.2 Å². The van der Waals surface area contributed by atoms with Gasteiger partial charge in [-0.3, -0.25) is 0 Å². The quantitative estimate of drug-likeness (QED) is 0.376. The second kappa shape index (κ2) is 2.20. The highest BCUT2D eigenvalue weighted by Crippen LogP contribution is 2.01. The highest BCUT2D eigenvalue weighted by atomic mass is 16.6. The number of nitrogens with one attached hydrogen (secondary N) is 1. The van der Waals surface area contributed by atoms with E-state index in [2.05, 4.69) is 10.1 Å². The van der Waals surface area contributed by atoms with E-state index in [0.717, 1.165) is 0 Å². The molecule has 1 heterocycles. The first-order valence-corrected chi connectivity index (χ1v) is 2.51. The fraction of sp³-hybridized carbons (Fsp3) is 0.750. The van der Waals surface area contributed by atoms with E-state index in [1.807, 2.05) is 0 Å². The molecule has 52 valence electrons. The van der Waals surface area contributed by atoms with Gasteiger partial charge in [0.2, 0.25) is 0 Å². The Hall–Kier alpha value is -0.810. The van der Waals surface area contributed by atoms with Gasteiger partial charge in [-0.25, -0.2) is 4.79 Å². The van der Waals surface area contributed by atoms with Crippen LogP contribution in [0.3, 0.4) is 0 Å². The Morgan fingerprint density at radius 1 is 1.78 bits per heavy atom. The van der Waals surface area contributed by atoms with Gasteiger partial charge in [0, 0.05) is 0 Å². The molecule has 0 aromatic heterocycles. The molecule has 0 saturated carbocycles. The molecule has 0 unspecified atom stereocenters. The first kappa shape index (κ1) is 6.31. The van der Waals surface area contributed by atoms with Crippen molar-refractivity contribution in [1.82, 2.24) is 5.32 Å². The fourth-order valence-electron chi connectivity index (χ4n) is 0.571. The molecule has 1 aliphatic rings. The summed E-state index contributed by atoms with van der Waals surface area (Å²) in [6.07, 6.45) is -2.99. The number of aliphatic hydroxyl groups is 2. The van der Waals surface area contributed by atoms with Crippen LogP contribution < -0.4 is 5.32 Å². The van der Waals surface area contributed by atoms with Crippen LogP contribution in [0.1, 0.15) is 0 Å². The Labute approximate surface area is 51.2 Å². The minimum absolute atomic E-state index is 0.163. The molecule has 0 aliphatic carbocycles. The second-order valence-electron chi connectivity index (χ2n) is 1.74. The van der Waals surface area contributed by atoms with Gasteiger partial charge >= 0.3 is 6.09 Å². The third-order valence-corrected chi connectivity index (χ3v) is 1.04.